The Balaban J connectivity index is 2.70. The molecule has 2 N–H and O–H groups in total. The maximum Gasteiger partial charge on any atom is 0.347 e. The minimum Gasteiger partial charge on any atom is -0.458 e. The van der Waals surface area contributed by atoms with Crippen LogP contribution in [0.2, 0.25) is 0 Å². The van der Waals surface area contributed by atoms with Crippen molar-refractivity contribution in [2.45, 2.75) is 118 Å². The van der Waals surface area contributed by atoms with Gasteiger partial charge in [0, 0.05) is 12.0 Å². The highest BCUT2D eigenvalue weighted by atomic mass is 16.6. The predicted molar refractivity (Wildman–Crippen MR) is 147 cm³/mol. The minimum atomic E-state index is -1.21. The molecule has 1 rings (SSSR count). The van der Waals surface area contributed by atoms with Crippen molar-refractivity contribution in [2.24, 2.45) is 17.1 Å². The molecule has 1 aromatic rings. The van der Waals surface area contributed by atoms with Crippen molar-refractivity contribution in [3.05, 3.63) is 35.9 Å². The predicted octanol–water partition coefficient (Wildman–Crippen LogP) is 5.00. The molecular formula is C30H49NO7. The Kier molecular flexibility index (Phi) is 11.5. The summed E-state index contributed by atoms with van der Waals surface area (Å²) in [5.41, 5.74) is 4.23. The van der Waals surface area contributed by atoms with E-state index in [4.69, 9.17) is 24.7 Å². The van der Waals surface area contributed by atoms with Crippen LogP contribution in [0.3, 0.4) is 0 Å². The van der Waals surface area contributed by atoms with Crippen molar-refractivity contribution in [1.82, 2.24) is 0 Å². The molecule has 38 heavy (non-hydrogen) atoms. The molecule has 0 aliphatic heterocycles. The summed E-state index contributed by atoms with van der Waals surface area (Å²) in [6.45, 7) is 20.4. The first-order valence-corrected chi connectivity index (χ1v) is 13.3. The van der Waals surface area contributed by atoms with Gasteiger partial charge in [0.2, 0.25) is 0 Å². The average Bonchev–Trinajstić information content (AvgIpc) is 2.77. The molecule has 8 nitrogen and oxygen atoms in total. The summed E-state index contributed by atoms with van der Waals surface area (Å²) in [4.78, 5) is 38.3. The largest absolute Gasteiger partial charge is 0.458 e. The van der Waals surface area contributed by atoms with Gasteiger partial charge in [0.25, 0.3) is 0 Å². The first kappa shape index (κ1) is 33.6. The van der Waals surface area contributed by atoms with Crippen molar-refractivity contribution in [1.29, 1.82) is 0 Å². The third kappa shape index (κ3) is 10.4. The van der Waals surface area contributed by atoms with E-state index < -0.39 is 52.6 Å². The quantitative estimate of drug-likeness (QED) is 0.277. The van der Waals surface area contributed by atoms with Crippen LogP contribution in [0.15, 0.2) is 30.3 Å². The van der Waals surface area contributed by atoms with Gasteiger partial charge in [0.05, 0.1) is 11.5 Å². The highest BCUT2D eigenvalue weighted by molar-refractivity contribution is 5.81. The summed E-state index contributed by atoms with van der Waals surface area (Å²) in [7, 11) is 0. The Morgan fingerprint density at radius 1 is 0.816 bits per heavy atom. The van der Waals surface area contributed by atoms with Crippen molar-refractivity contribution < 1.29 is 33.3 Å². The van der Waals surface area contributed by atoms with Gasteiger partial charge < -0.3 is 24.7 Å². The Labute approximate surface area is 228 Å². The molecule has 0 spiro atoms. The zero-order chi connectivity index (χ0) is 29.5. The van der Waals surface area contributed by atoms with Gasteiger partial charge >= 0.3 is 17.9 Å². The second kappa shape index (κ2) is 13.1. The topological polar surface area (TPSA) is 114 Å². The van der Waals surface area contributed by atoms with Gasteiger partial charge in [-0.15, -0.1) is 0 Å². The lowest BCUT2D eigenvalue weighted by molar-refractivity contribution is -0.191. The SMILES string of the molecule is CC(OC(=O)C(C)C(C)(C)OC(=O)C(N)Cc1ccccc1)C(=O)OC(C)(C)C(C)(C)CCOC(C)(C)C. The first-order chi connectivity index (χ1) is 17.2. The lowest BCUT2D eigenvalue weighted by atomic mass is 9.74. The van der Waals surface area contributed by atoms with Crippen molar-refractivity contribution in [3.63, 3.8) is 0 Å². The number of carbonyl (C=O) groups is 3. The van der Waals surface area contributed by atoms with Gasteiger partial charge in [-0.2, -0.15) is 0 Å². The summed E-state index contributed by atoms with van der Waals surface area (Å²) < 4.78 is 22.6. The zero-order valence-electron chi connectivity index (χ0n) is 25.2. The molecule has 216 valence electrons. The van der Waals surface area contributed by atoms with Crippen molar-refractivity contribution in [3.8, 4) is 0 Å². The van der Waals surface area contributed by atoms with E-state index >= 15 is 0 Å². The fraction of sp³-hybridized carbons (Fsp3) is 0.700. The fourth-order valence-electron chi connectivity index (χ4n) is 3.37. The normalized spacial score (nSPS) is 15.3. The molecule has 0 aliphatic rings. The molecule has 0 heterocycles. The van der Waals surface area contributed by atoms with Crippen molar-refractivity contribution in [2.75, 3.05) is 6.61 Å². The number of hydrogen-bond acceptors (Lipinski definition) is 8. The Morgan fingerprint density at radius 3 is 1.89 bits per heavy atom. The van der Waals surface area contributed by atoms with Crippen molar-refractivity contribution >= 4 is 17.9 Å². The van der Waals surface area contributed by atoms with Crippen LogP contribution in [-0.4, -0.2) is 53.5 Å². The van der Waals surface area contributed by atoms with Crippen LogP contribution in [0.5, 0.6) is 0 Å². The average molecular weight is 536 g/mol. The second-order valence-corrected chi connectivity index (χ2v) is 12.6. The molecule has 0 fully saturated rings. The number of hydrogen-bond donors (Lipinski definition) is 1. The van der Waals surface area contributed by atoms with Crippen LogP contribution in [0.25, 0.3) is 0 Å². The summed E-state index contributed by atoms with van der Waals surface area (Å²) >= 11 is 0. The number of ether oxygens (including phenoxy) is 4. The first-order valence-electron chi connectivity index (χ1n) is 13.3. The van der Waals surface area contributed by atoms with E-state index in [0.29, 0.717) is 19.4 Å². The summed E-state index contributed by atoms with van der Waals surface area (Å²) in [6, 6.07) is 8.48. The van der Waals surface area contributed by atoms with Crippen LogP contribution in [0.4, 0.5) is 0 Å². The van der Waals surface area contributed by atoms with E-state index in [9.17, 15) is 14.4 Å². The lowest BCUT2D eigenvalue weighted by Crippen LogP contribution is -2.48. The highest BCUT2D eigenvalue weighted by Gasteiger charge is 2.43. The van der Waals surface area contributed by atoms with E-state index in [1.165, 1.54) is 6.92 Å². The number of nitrogens with two attached hydrogens (primary N) is 1. The Hall–Kier alpha value is -2.45. The molecule has 0 aliphatic carbocycles. The molecule has 8 heteroatoms. The Bertz CT molecular complexity index is 932. The highest BCUT2D eigenvalue weighted by Crippen LogP contribution is 2.38. The van der Waals surface area contributed by atoms with E-state index in [0.717, 1.165) is 5.56 Å². The molecule has 0 saturated carbocycles. The third-order valence-electron chi connectivity index (χ3n) is 7.23. The molecule has 3 atom stereocenters. The van der Waals surface area contributed by atoms with E-state index in [1.807, 2.05) is 78.8 Å². The molecule has 0 amide bonds. The fourth-order valence-corrected chi connectivity index (χ4v) is 3.37. The van der Waals surface area contributed by atoms with E-state index in [1.54, 1.807) is 20.8 Å². The molecule has 0 bridgehead atoms. The van der Waals surface area contributed by atoms with Gasteiger partial charge in [-0.3, -0.25) is 9.59 Å². The number of carbonyl (C=O) groups excluding carboxylic acids is 3. The van der Waals surface area contributed by atoms with Crippen LogP contribution in [-0.2, 0) is 39.8 Å². The van der Waals surface area contributed by atoms with Gasteiger partial charge in [0.1, 0.15) is 17.2 Å². The van der Waals surface area contributed by atoms with Gasteiger partial charge in [-0.05, 0) is 80.7 Å². The molecular weight excluding hydrogens is 486 g/mol. The molecule has 3 unspecified atom stereocenters. The van der Waals surface area contributed by atoms with Gasteiger partial charge in [-0.25, -0.2) is 4.79 Å². The Morgan fingerprint density at radius 2 is 1.37 bits per heavy atom. The summed E-state index contributed by atoms with van der Waals surface area (Å²) in [5, 5.41) is 0. The number of benzene rings is 1. The monoisotopic (exact) mass is 535 g/mol. The molecule has 0 saturated heterocycles. The number of rotatable bonds is 13. The number of esters is 3. The molecule has 1 aromatic carbocycles. The second-order valence-electron chi connectivity index (χ2n) is 12.6. The van der Waals surface area contributed by atoms with Crippen LogP contribution >= 0.6 is 0 Å². The summed E-state index contributed by atoms with van der Waals surface area (Å²) in [5.74, 6) is -2.81. The van der Waals surface area contributed by atoms with Crippen LogP contribution in [0.1, 0.15) is 88.1 Å². The van der Waals surface area contributed by atoms with Crippen LogP contribution in [0, 0.1) is 11.3 Å². The minimum absolute atomic E-state index is 0.259. The van der Waals surface area contributed by atoms with Gasteiger partial charge in [0.15, 0.2) is 6.10 Å². The maximum absolute atomic E-state index is 12.9. The standard InChI is InChI=1S/C30H49NO7/c1-20(29(8,9)37-26(34)23(31)19-22-15-13-12-14-16-22)24(32)36-21(2)25(33)38-30(10,11)28(6,7)17-18-35-27(3,4)5/h12-16,20-21,23H,17-19,31H2,1-11H3. The summed E-state index contributed by atoms with van der Waals surface area (Å²) in [6.07, 6.45) is -0.161. The maximum atomic E-state index is 12.9. The molecule has 0 radical (unpaired) electrons. The van der Waals surface area contributed by atoms with E-state index in [2.05, 4.69) is 0 Å². The zero-order valence-corrected chi connectivity index (χ0v) is 25.2. The lowest BCUT2D eigenvalue weighted by Gasteiger charge is -2.41. The van der Waals surface area contributed by atoms with Crippen LogP contribution < -0.4 is 5.73 Å². The molecule has 0 aromatic heterocycles. The smallest absolute Gasteiger partial charge is 0.347 e. The third-order valence-corrected chi connectivity index (χ3v) is 7.23. The van der Waals surface area contributed by atoms with E-state index in [-0.39, 0.29) is 5.60 Å². The van der Waals surface area contributed by atoms with Gasteiger partial charge in [-0.1, -0.05) is 44.2 Å².